The number of hydrogen-bond acceptors (Lipinski definition) is 7. The van der Waals surface area contributed by atoms with Gasteiger partial charge in [-0.1, -0.05) is 205 Å². The number of allylic oxidation sites excluding steroid dienone is 4. The van der Waals surface area contributed by atoms with Crippen LogP contribution in [0.1, 0.15) is 232 Å². The van der Waals surface area contributed by atoms with Crippen molar-refractivity contribution in [3.8, 4) is 0 Å². The molecular formula is C50H98NO7P. The second kappa shape index (κ2) is 43.6. The molecule has 0 aliphatic rings. The fourth-order valence-electron chi connectivity index (χ4n) is 7.11. The number of quaternary nitrogens is 1. The number of phosphoric ester groups is 1. The van der Waals surface area contributed by atoms with Crippen molar-refractivity contribution in [1.82, 2.24) is 0 Å². The number of unbranched alkanes of at least 4 members (excludes halogenated alkanes) is 29. The number of carbonyl (C=O) groups excluding carboxylic acids is 1. The van der Waals surface area contributed by atoms with E-state index in [1.54, 1.807) is 0 Å². The van der Waals surface area contributed by atoms with E-state index in [0.29, 0.717) is 24.1 Å². The van der Waals surface area contributed by atoms with E-state index in [0.717, 1.165) is 57.8 Å². The minimum atomic E-state index is -4.53. The highest BCUT2D eigenvalue weighted by atomic mass is 31.2. The summed E-state index contributed by atoms with van der Waals surface area (Å²) in [6.45, 7) is 5.41. The van der Waals surface area contributed by atoms with E-state index >= 15 is 0 Å². The highest BCUT2D eigenvalue weighted by Gasteiger charge is 2.20. The first-order chi connectivity index (χ1) is 28.6. The molecule has 2 atom stereocenters. The second-order valence-corrected chi connectivity index (χ2v) is 19.6. The summed E-state index contributed by atoms with van der Waals surface area (Å²) >= 11 is 0. The van der Waals surface area contributed by atoms with E-state index in [1.165, 1.54) is 154 Å². The van der Waals surface area contributed by atoms with Crippen molar-refractivity contribution >= 4 is 13.8 Å². The number of esters is 1. The first kappa shape index (κ1) is 58.0. The van der Waals surface area contributed by atoms with Crippen LogP contribution in [0.15, 0.2) is 24.3 Å². The Balaban J connectivity index is 4.10. The van der Waals surface area contributed by atoms with E-state index in [9.17, 15) is 14.3 Å². The lowest BCUT2D eigenvalue weighted by molar-refractivity contribution is -0.870. The summed E-state index contributed by atoms with van der Waals surface area (Å²) in [4.78, 5) is 25.1. The van der Waals surface area contributed by atoms with Crippen LogP contribution in [0.5, 0.6) is 0 Å². The maximum atomic E-state index is 12.7. The number of carbonyl (C=O) groups is 1. The highest BCUT2D eigenvalue weighted by Crippen LogP contribution is 2.38. The molecule has 0 amide bonds. The predicted molar refractivity (Wildman–Crippen MR) is 250 cm³/mol. The first-order valence-electron chi connectivity index (χ1n) is 25.1. The number of nitrogens with zero attached hydrogens (tertiary/aromatic N) is 1. The molecule has 0 fully saturated rings. The first-order valence-corrected chi connectivity index (χ1v) is 26.5. The number of ether oxygens (including phenoxy) is 2. The minimum Gasteiger partial charge on any atom is -0.756 e. The molecule has 9 heteroatoms. The van der Waals surface area contributed by atoms with Crippen LogP contribution < -0.4 is 4.89 Å². The molecule has 0 saturated heterocycles. The Morgan fingerprint density at radius 3 is 1.41 bits per heavy atom. The molecule has 0 heterocycles. The molecule has 0 aliphatic heterocycles. The van der Waals surface area contributed by atoms with E-state index in [4.69, 9.17) is 18.5 Å². The third-order valence-corrected chi connectivity index (χ3v) is 12.0. The van der Waals surface area contributed by atoms with Gasteiger partial charge in [0.05, 0.1) is 34.4 Å². The van der Waals surface area contributed by atoms with Gasteiger partial charge in [-0.2, -0.15) is 0 Å². The number of phosphoric acid groups is 1. The van der Waals surface area contributed by atoms with Crippen LogP contribution in [-0.4, -0.2) is 70.7 Å². The van der Waals surface area contributed by atoms with Crippen molar-refractivity contribution < 1.29 is 37.3 Å². The maximum absolute atomic E-state index is 12.7. The normalized spacial score (nSPS) is 13.8. The summed E-state index contributed by atoms with van der Waals surface area (Å²) in [7, 11) is 1.36. The number of likely N-dealkylation sites (N-methyl/N-ethyl adjacent to an activating group) is 1. The molecule has 0 aromatic rings. The molecule has 8 nitrogen and oxygen atoms in total. The molecule has 0 radical (unpaired) electrons. The zero-order valence-corrected chi connectivity index (χ0v) is 40.6. The highest BCUT2D eigenvalue weighted by molar-refractivity contribution is 7.45. The molecule has 0 spiro atoms. The molecular weight excluding hydrogens is 758 g/mol. The van der Waals surface area contributed by atoms with Gasteiger partial charge in [-0.3, -0.25) is 9.36 Å². The van der Waals surface area contributed by atoms with Crippen molar-refractivity contribution in [3.63, 3.8) is 0 Å². The predicted octanol–water partition coefficient (Wildman–Crippen LogP) is 14.5. The third kappa shape index (κ3) is 47.9. The molecule has 0 rings (SSSR count). The minimum absolute atomic E-state index is 0.0254. The maximum Gasteiger partial charge on any atom is 0.306 e. The summed E-state index contributed by atoms with van der Waals surface area (Å²) < 4.78 is 34.7. The summed E-state index contributed by atoms with van der Waals surface area (Å²) in [6.07, 6.45) is 50.6. The average molecular weight is 856 g/mol. The smallest absolute Gasteiger partial charge is 0.306 e. The molecule has 2 unspecified atom stereocenters. The molecule has 0 N–H and O–H groups in total. The van der Waals surface area contributed by atoms with Crippen LogP contribution in [0, 0.1) is 0 Å². The molecule has 0 bridgehead atoms. The van der Waals surface area contributed by atoms with Crippen molar-refractivity contribution in [2.75, 3.05) is 54.1 Å². The standard InChI is InChI=1S/C50H98NO7P/c1-6-8-10-12-14-16-18-20-22-23-24-25-26-27-28-30-32-34-36-38-40-42-45-55-47-49(48-57-59(53,54)56-46-44-51(3,4)5)58-50(52)43-41-39-37-35-33-31-29-21-19-17-15-13-11-9-7-2/h15,17,21,29,49H,6-14,16,18-20,22-28,30-48H2,1-5H3/b17-15-,29-21-. The van der Waals surface area contributed by atoms with Gasteiger partial charge in [0.15, 0.2) is 0 Å². The Morgan fingerprint density at radius 2 is 0.932 bits per heavy atom. The molecule has 0 saturated carbocycles. The average Bonchev–Trinajstić information content (AvgIpc) is 3.19. The van der Waals surface area contributed by atoms with Crippen LogP contribution in [0.2, 0.25) is 0 Å². The van der Waals surface area contributed by atoms with Gasteiger partial charge < -0.3 is 27.9 Å². The number of hydrogen-bond donors (Lipinski definition) is 0. The summed E-state index contributed by atoms with van der Waals surface area (Å²) in [5.74, 6) is -0.344. The van der Waals surface area contributed by atoms with Gasteiger partial charge in [0.25, 0.3) is 7.82 Å². The monoisotopic (exact) mass is 856 g/mol. The van der Waals surface area contributed by atoms with Gasteiger partial charge in [0, 0.05) is 13.0 Å². The Bertz CT molecular complexity index is 998. The van der Waals surface area contributed by atoms with E-state index < -0.39 is 13.9 Å². The van der Waals surface area contributed by atoms with Crippen molar-refractivity contribution in [2.24, 2.45) is 0 Å². The summed E-state index contributed by atoms with van der Waals surface area (Å²) in [6, 6.07) is 0. The number of rotatable bonds is 47. The Kier molecular flexibility index (Phi) is 42.9. The van der Waals surface area contributed by atoms with Crippen LogP contribution in [-0.2, 0) is 27.9 Å². The Labute approximate surface area is 366 Å². The second-order valence-electron chi connectivity index (χ2n) is 18.2. The lowest BCUT2D eigenvalue weighted by Crippen LogP contribution is -2.37. The van der Waals surface area contributed by atoms with E-state index in [1.807, 2.05) is 21.1 Å². The van der Waals surface area contributed by atoms with Crippen LogP contribution in [0.4, 0.5) is 0 Å². The van der Waals surface area contributed by atoms with Gasteiger partial charge in [-0.15, -0.1) is 0 Å². The lowest BCUT2D eigenvalue weighted by Gasteiger charge is -2.28. The molecule has 59 heavy (non-hydrogen) atoms. The van der Waals surface area contributed by atoms with Gasteiger partial charge in [-0.05, 0) is 44.9 Å². The van der Waals surface area contributed by atoms with Crippen LogP contribution >= 0.6 is 7.82 Å². The largest absolute Gasteiger partial charge is 0.756 e. The van der Waals surface area contributed by atoms with Gasteiger partial charge in [0.1, 0.15) is 19.3 Å². The SMILES string of the molecule is CCCCC/C=C\C/C=C\CCCCCCCC(=O)OC(COCCCCCCCCCCCCCCCCCCCCCCCC)COP(=O)([O-])OCC[N+](C)(C)C. The Morgan fingerprint density at radius 1 is 0.525 bits per heavy atom. The summed E-state index contributed by atoms with van der Waals surface area (Å²) in [5.41, 5.74) is 0. The van der Waals surface area contributed by atoms with Crippen molar-refractivity contribution in [2.45, 2.75) is 238 Å². The zero-order valence-electron chi connectivity index (χ0n) is 39.7. The fourth-order valence-corrected chi connectivity index (χ4v) is 7.84. The van der Waals surface area contributed by atoms with Gasteiger partial charge >= 0.3 is 5.97 Å². The quantitative estimate of drug-likeness (QED) is 0.0198. The van der Waals surface area contributed by atoms with Crippen molar-refractivity contribution in [1.29, 1.82) is 0 Å². The third-order valence-electron chi connectivity index (χ3n) is 11.0. The van der Waals surface area contributed by atoms with Crippen LogP contribution in [0.25, 0.3) is 0 Å². The van der Waals surface area contributed by atoms with Crippen LogP contribution in [0.3, 0.4) is 0 Å². The Hall–Kier alpha value is -1.02. The molecule has 350 valence electrons. The zero-order chi connectivity index (χ0) is 43.4. The topological polar surface area (TPSA) is 94.1 Å². The van der Waals surface area contributed by atoms with Gasteiger partial charge in [-0.25, -0.2) is 0 Å². The summed E-state index contributed by atoms with van der Waals surface area (Å²) in [5, 5.41) is 0. The van der Waals surface area contributed by atoms with E-state index in [-0.39, 0.29) is 25.8 Å². The molecule has 0 aliphatic carbocycles. The molecule has 0 aromatic heterocycles. The lowest BCUT2D eigenvalue weighted by atomic mass is 10.0. The van der Waals surface area contributed by atoms with Gasteiger partial charge in [0.2, 0.25) is 0 Å². The van der Waals surface area contributed by atoms with Crippen molar-refractivity contribution in [3.05, 3.63) is 24.3 Å². The fraction of sp³-hybridized carbons (Fsp3) is 0.900. The molecule has 0 aromatic carbocycles. The van der Waals surface area contributed by atoms with E-state index in [2.05, 4.69) is 38.2 Å².